The fourth-order valence-electron chi connectivity index (χ4n) is 4.43. The van der Waals surface area contributed by atoms with E-state index in [1.165, 1.54) is 11.3 Å². The third-order valence-electron chi connectivity index (χ3n) is 4.78. The zero-order chi connectivity index (χ0) is 16.0. The second-order valence-corrected chi connectivity index (χ2v) is 8.74. The van der Waals surface area contributed by atoms with Crippen molar-refractivity contribution < 1.29 is 14.3 Å². The van der Waals surface area contributed by atoms with Crippen molar-refractivity contribution in [1.82, 2.24) is 4.90 Å². The van der Waals surface area contributed by atoms with E-state index in [2.05, 4.69) is 20.8 Å². The summed E-state index contributed by atoms with van der Waals surface area (Å²) in [7, 11) is 0. The van der Waals surface area contributed by atoms with Crippen molar-refractivity contribution in [2.75, 3.05) is 13.2 Å². The van der Waals surface area contributed by atoms with Crippen molar-refractivity contribution in [1.29, 1.82) is 0 Å². The van der Waals surface area contributed by atoms with E-state index in [4.69, 9.17) is 4.74 Å². The van der Waals surface area contributed by atoms with E-state index in [1.54, 1.807) is 12.1 Å². The molecule has 1 aliphatic heterocycles. The first-order valence-corrected chi connectivity index (χ1v) is 8.66. The molecule has 4 nitrogen and oxygen atoms in total. The van der Waals surface area contributed by atoms with Gasteiger partial charge in [-0.15, -0.1) is 11.3 Å². The van der Waals surface area contributed by atoms with Crippen molar-refractivity contribution in [2.24, 2.45) is 10.8 Å². The van der Waals surface area contributed by atoms with Crippen molar-refractivity contribution in [2.45, 2.75) is 46.1 Å². The summed E-state index contributed by atoms with van der Waals surface area (Å²) in [6.45, 7) is 7.47. The first kappa shape index (κ1) is 15.5. The first-order valence-electron chi connectivity index (χ1n) is 7.78. The van der Waals surface area contributed by atoms with Crippen LogP contribution in [-0.2, 0) is 9.53 Å². The molecule has 120 valence electrons. The van der Waals surface area contributed by atoms with E-state index >= 15 is 0 Å². The Morgan fingerprint density at radius 2 is 2.14 bits per heavy atom. The highest BCUT2D eigenvalue weighted by Crippen LogP contribution is 2.52. The van der Waals surface area contributed by atoms with Gasteiger partial charge in [0.25, 0.3) is 5.91 Å². The molecule has 0 aromatic carbocycles. The fraction of sp³-hybridized carbons (Fsp3) is 0.647. The Morgan fingerprint density at radius 1 is 1.36 bits per heavy atom. The second kappa shape index (κ2) is 5.37. The minimum atomic E-state index is -0.405. The lowest BCUT2D eigenvalue weighted by atomic mass is 9.65. The highest BCUT2D eigenvalue weighted by Gasteiger charge is 2.50. The first-order chi connectivity index (χ1) is 10.3. The zero-order valence-electron chi connectivity index (χ0n) is 13.4. The minimum Gasteiger partial charge on any atom is -0.451 e. The molecular weight excluding hydrogens is 298 g/mol. The maximum Gasteiger partial charge on any atom is 0.348 e. The molecule has 1 saturated carbocycles. The van der Waals surface area contributed by atoms with E-state index in [9.17, 15) is 9.59 Å². The maximum atomic E-state index is 12.5. The Kier molecular flexibility index (Phi) is 3.79. The predicted molar refractivity (Wildman–Crippen MR) is 85.8 cm³/mol. The van der Waals surface area contributed by atoms with Crippen LogP contribution in [0.5, 0.6) is 0 Å². The van der Waals surface area contributed by atoms with E-state index in [-0.39, 0.29) is 23.3 Å². The summed E-state index contributed by atoms with van der Waals surface area (Å²) in [5.74, 6) is -0.464. The van der Waals surface area contributed by atoms with E-state index in [0.29, 0.717) is 10.9 Å². The molecule has 0 spiro atoms. The molecule has 1 aromatic heterocycles. The summed E-state index contributed by atoms with van der Waals surface area (Å²) in [6, 6.07) is 3.81. The lowest BCUT2D eigenvalue weighted by Gasteiger charge is -2.39. The minimum absolute atomic E-state index is 0.0590. The predicted octanol–water partition coefficient (Wildman–Crippen LogP) is 3.33. The Morgan fingerprint density at radius 3 is 2.82 bits per heavy atom. The highest BCUT2D eigenvalue weighted by molar-refractivity contribution is 7.11. The number of carbonyl (C=O) groups excluding carboxylic acids is 2. The normalized spacial score (nSPS) is 29.4. The number of carbonyl (C=O) groups is 2. The summed E-state index contributed by atoms with van der Waals surface area (Å²) in [6.07, 6.45) is 3.25. The van der Waals surface area contributed by atoms with Gasteiger partial charge in [-0.05, 0) is 41.5 Å². The Labute approximate surface area is 135 Å². The lowest BCUT2D eigenvalue weighted by Crippen LogP contribution is -2.39. The van der Waals surface area contributed by atoms with Crippen molar-refractivity contribution in [3.05, 3.63) is 22.4 Å². The van der Waals surface area contributed by atoms with Crippen LogP contribution in [-0.4, -0.2) is 36.0 Å². The third kappa shape index (κ3) is 3.05. The van der Waals surface area contributed by atoms with Gasteiger partial charge in [0.15, 0.2) is 6.61 Å². The number of hydrogen-bond acceptors (Lipinski definition) is 4. The van der Waals surface area contributed by atoms with Crippen LogP contribution in [0.2, 0.25) is 0 Å². The molecule has 0 radical (unpaired) electrons. The Bertz CT molecular complexity index is 581. The molecule has 5 heteroatoms. The number of hydrogen-bond donors (Lipinski definition) is 0. The van der Waals surface area contributed by atoms with Gasteiger partial charge < -0.3 is 9.64 Å². The second-order valence-electron chi connectivity index (χ2n) is 7.79. The van der Waals surface area contributed by atoms with Gasteiger partial charge >= 0.3 is 5.97 Å². The number of thiophene rings is 1. The molecule has 1 amide bonds. The smallest absolute Gasteiger partial charge is 0.348 e. The summed E-state index contributed by atoms with van der Waals surface area (Å²) in [5.41, 5.74) is 0.486. The van der Waals surface area contributed by atoms with Gasteiger partial charge in [-0.1, -0.05) is 26.8 Å². The molecular formula is C17H23NO3S. The van der Waals surface area contributed by atoms with Gasteiger partial charge in [-0.25, -0.2) is 4.79 Å². The van der Waals surface area contributed by atoms with Gasteiger partial charge in [0.1, 0.15) is 4.88 Å². The molecule has 2 bridgehead atoms. The average molecular weight is 321 g/mol. The van der Waals surface area contributed by atoms with Crippen molar-refractivity contribution in [3.63, 3.8) is 0 Å². The summed E-state index contributed by atoms with van der Waals surface area (Å²) in [4.78, 5) is 26.8. The van der Waals surface area contributed by atoms with Crippen LogP contribution in [0.1, 0.15) is 49.7 Å². The van der Waals surface area contributed by atoms with E-state index in [1.807, 2.05) is 10.3 Å². The summed E-state index contributed by atoms with van der Waals surface area (Å²) >= 11 is 1.33. The number of fused-ring (bicyclic) bond motifs is 2. The molecule has 2 atom stereocenters. The van der Waals surface area contributed by atoms with Gasteiger partial charge in [-0.3, -0.25) is 4.79 Å². The monoisotopic (exact) mass is 321 g/mol. The van der Waals surface area contributed by atoms with Gasteiger partial charge in [0.2, 0.25) is 0 Å². The summed E-state index contributed by atoms with van der Waals surface area (Å²) < 4.78 is 5.17. The average Bonchev–Trinajstić information content (AvgIpc) is 3.00. The highest BCUT2D eigenvalue weighted by atomic mass is 32.1. The molecule has 3 rings (SSSR count). The standard InChI is InChI=1S/C17H23NO3S/c1-16(2)7-12-8-17(3,10-16)11-18(12)14(19)9-21-15(20)13-5-4-6-22-13/h4-6,12H,7-11H2,1-3H3/t12-,17+/m0/s1. The number of amides is 1. The van der Waals surface area contributed by atoms with E-state index < -0.39 is 5.97 Å². The Balaban J connectivity index is 1.60. The van der Waals surface area contributed by atoms with Crippen LogP contribution in [0.15, 0.2) is 17.5 Å². The number of likely N-dealkylation sites (tertiary alicyclic amines) is 1. The van der Waals surface area contributed by atoms with E-state index in [0.717, 1.165) is 25.8 Å². The molecule has 2 heterocycles. The molecule has 22 heavy (non-hydrogen) atoms. The fourth-order valence-corrected chi connectivity index (χ4v) is 5.04. The molecule has 1 aliphatic carbocycles. The van der Waals surface area contributed by atoms with Gasteiger partial charge in [-0.2, -0.15) is 0 Å². The van der Waals surface area contributed by atoms with Crippen LogP contribution >= 0.6 is 11.3 Å². The van der Waals surface area contributed by atoms with Crippen LogP contribution in [0.3, 0.4) is 0 Å². The summed E-state index contributed by atoms with van der Waals surface area (Å²) in [5, 5.41) is 1.82. The molecule has 1 saturated heterocycles. The SMILES string of the molecule is CC1(C)C[C@H]2C[C@@](C)(CN2C(=O)COC(=O)c2cccs2)C1. The largest absolute Gasteiger partial charge is 0.451 e. The molecule has 0 N–H and O–H groups in total. The number of rotatable bonds is 3. The van der Waals surface area contributed by atoms with Gasteiger partial charge in [0.05, 0.1) is 0 Å². The number of nitrogens with zero attached hydrogens (tertiary/aromatic N) is 1. The van der Waals surface area contributed by atoms with Crippen LogP contribution in [0, 0.1) is 10.8 Å². The van der Waals surface area contributed by atoms with Crippen LogP contribution < -0.4 is 0 Å². The van der Waals surface area contributed by atoms with Crippen LogP contribution in [0.25, 0.3) is 0 Å². The quantitative estimate of drug-likeness (QED) is 0.802. The molecule has 1 aromatic rings. The lowest BCUT2D eigenvalue weighted by molar-refractivity contribution is -0.135. The zero-order valence-corrected chi connectivity index (χ0v) is 14.2. The Hall–Kier alpha value is -1.36. The maximum absolute atomic E-state index is 12.5. The number of esters is 1. The van der Waals surface area contributed by atoms with Crippen molar-refractivity contribution in [3.8, 4) is 0 Å². The van der Waals surface area contributed by atoms with Crippen LogP contribution in [0.4, 0.5) is 0 Å². The third-order valence-corrected chi connectivity index (χ3v) is 5.63. The number of ether oxygens (including phenoxy) is 1. The van der Waals surface area contributed by atoms with Crippen molar-refractivity contribution >= 4 is 23.2 Å². The molecule has 2 aliphatic rings. The molecule has 0 unspecified atom stereocenters. The topological polar surface area (TPSA) is 46.6 Å². The molecule has 2 fully saturated rings. The van der Waals surface area contributed by atoms with Gasteiger partial charge in [0, 0.05) is 12.6 Å².